The molecule has 25 heavy (non-hydrogen) atoms. The van der Waals surface area contributed by atoms with Crippen LogP contribution in [0.3, 0.4) is 0 Å². The first-order chi connectivity index (χ1) is 12.0. The normalized spacial score (nSPS) is 11.5. The van der Waals surface area contributed by atoms with Gasteiger partial charge in [0.25, 0.3) is 0 Å². The third-order valence-electron chi connectivity index (χ3n) is 3.64. The maximum absolute atomic E-state index is 13.3. The van der Waals surface area contributed by atoms with Crippen molar-refractivity contribution in [1.82, 2.24) is 4.57 Å². The Morgan fingerprint density at radius 1 is 1.04 bits per heavy atom. The number of para-hydroxylation sites is 1. The van der Waals surface area contributed by atoms with E-state index >= 15 is 0 Å². The molecule has 0 amide bonds. The Bertz CT molecular complexity index is 759. The number of hydrogen-bond acceptors (Lipinski definition) is 5. The molecule has 0 aliphatic heterocycles. The monoisotopic (exact) mass is 365 g/mol. The van der Waals surface area contributed by atoms with Gasteiger partial charge in [0, 0.05) is 17.6 Å². The Morgan fingerprint density at radius 2 is 1.64 bits per heavy atom. The van der Waals surface area contributed by atoms with E-state index in [0.29, 0.717) is 5.69 Å². The summed E-state index contributed by atoms with van der Waals surface area (Å²) in [7, 11) is -3.64. The lowest BCUT2D eigenvalue weighted by Crippen LogP contribution is -2.19. The van der Waals surface area contributed by atoms with Gasteiger partial charge < -0.3 is 18.4 Å². The Hall–Kier alpha value is -1.88. The summed E-state index contributed by atoms with van der Waals surface area (Å²) in [6, 6.07) is 9.49. The van der Waals surface area contributed by atoms with Gasteiger partial charge >= 0.3 is 13.6 Å². The average Bonchev–Trinajstić information content (AvgIpc) is 2.94. The fourth-order valence-electron chi connectivity index (χ4n) is 2.63. The number of esters is 1. The van der Waals surface area contributed by atoms with E-state index in [1.54, 1.807) is 38.5 Å². The molecule has 0 N–H and O–H groups in total. The Labute approximate surface area is 148 Å². The zero-order valence-electron chi connectivity index (χ0n) is 15.0. The molecule has 0 atom stereocenters. The molecule has 0 aliphatic rings. The van der Waals surface area contributed by atoms with Crippen molar-refractivity contribution in [3.05, 3.63) is 47.8 Å². The summed E-state index contributed by atoms with van der Waals surface area (Å²) < 4.78 is 31.1. The van der Waals surface area contributed by atoms with E-state index in [2.05, 4.69) is 0 Å². The van der Waals surface area contributed by atoms with Crippen LogP contribution in [0.2, 0.25) is 0 Å². The third-order valence-corrected chi connectivity index (χ3v) is 5.76. The van der Waals surface area contributed by atoms with Crippen molar-refractivity contribution < 1.29 is 23.1 Å². The van der Waals surface area contributed by atoms with Crippen LogP contribution in [-0.4, -0.2) is 30.4 Å². The van der Waals surface area contributed by atoms with Crippen molar-refractivity contribution in [1.29, 1.82) is 0 Å². The van der Waals surface area contributed by atoms with E-state index in [1.807, 2.05) is 30.3 Å². The van der Waals surface area contributed by atoms with Crippen molar-refractivity contribution in [2.45, 2.75) is 27.7 Å². The molecule has 7 heteroatoms. The van der Waals surface area contributed by atoms with Gasteiger partial charge in [0.1, 0.15) is 0 Å². The lowest BCUT2D eigenvalue weighted by Gasteiger charge is -2.17. The topological polar surface area (TPSA) is 66.8 Å². The van der Waals surface area contributed by atoms with Gasteiger partial charge in [-0.3, -0.25) is 4.57 Å². The molecule has 136 valence electrons. The maximum Gasteiger partial charge on any atom is 0.363 e. The first-order valence-corrected chi connectivity index (χ1v) is 9.86. The predicted molar refractivity (Wildman–Crippen MR) is 97.0 cm³/mol. The summed E-state index contributed by atoms with van der Waals surface area (Å²) >= 11 is 0. The van der Waals surface area contributed by atoms with E-state index in [1.165, 1.54) is 0 Å². The summed E-state index contributed by atoms with van der Waals surface area (Å²) in [5.74, 6) is -0.538. The summed E-state index contributed by atoms with van der Waals surface area (Å²) in [5.41, 5.74) is 1.70. The number of hydrogen-bond donors (Lipinski definition) is 0. The van der Waals surface area contributed by atoms with Crippen molar-refractivity contribution >= 4 is 18.9 Å². The fourth-order valence-corrected chi connectivity index (χ4v) is 4.44. The molecular formula is C18H24NO5P. The molecule has 1 heterocycles. The van der Waals surface area contributed by atoms with Crippen molar-refractivity contribution in [3.8, 4) is 5.69 Å². The molecule has 0 radical (unpaired) electrons. The van der Waals surface area contributed by atoms with Gasteiger partial charge in [0.2, 0.25) is 0 Å². The minimum atomic E-state index is -3.64. The Balaban J connectivity index is 2.68. The number of carbonyl (C=O) groups is 1. The molecule has 0 unspecified atom stereocenters. The Kier molecular flexibility index (Phi) is 6.59. The van der Waals surface area contributed by atoms with Crippen LogP contribution in [-0.2, 0) is 18.3 Å². The zero-order chi connectivity index (χ0) is 18.4. The van der Waals surface area contributed by atoms with Crippen molar-refractivity contribution in [2.24, 2.45) is 0 Å². The van der Waals surface area contributed by atoms with E-state index in [0.717, 1.165) is 5.69 Å². The molecule has 1 aromatic carbocycles. The molecule has 0 spiro atoms. The van der Waals surface area contributed by atoms with Crippen LogP contribution >= 0.6 is 7.60 Å². The molecule has 0 saturated heterocycles. The first kappa shape index (κ1) is 19.4. The summed E-state index contributed by atoms with van der Waals surface area (Å²) in [5, 5.41) is 0.232. The van der Waals surface area contributed by atoms with Crippen LogP contribution in [0.15, 0.2) is 36.5 Å². The maximum atomic E-state index is 13.3. The number of carbonyl (C=O) groups excluding carboxylic acids is 1. The van der Waals surface area contributed by atoms with E-state index in [9.17, 15) is 9.36 Å². The van der Waals surface area contributed by atoms with Gasteiger partial charge in [-0.25, -0.2) is 4.79 Å². The summed E-state index contributed by atoms with van der Waals surface area (Å²) in [4.78, 5) is 12.5. The standard InChI is InChI=1S/C18H24NO5P/c1-5-22-18(20)17-14(4)19(15-11-9-8-10-12-15)13-16(17)25(21,23-6-2)24-7-3/h8-13H,5-7H2,1-4H3. The minimum Gasteiger partial charge on any atom is -0.462 e. The fraction of sp³-hybridized carbons (Fsp3) is 0.389. The highest BCUT2D eigenvalue weighted by Gasteiger charge is 2.36. The second-order valence-electron chi connectivity index (χ2n) is 5.23. The molecule has 2 aromatic rings. The van der Waals surface area contributed by atoms with Crippen LogP contribution in [0, 0.1) is 6.92 Å². The van der Waals surface area contributed by atoms with Crippen LogP contribution in [0.1, 0.15) is 36.8 Å². The van der Waals surface area contributed by atoms with Crippen LogP contribution < -0.4 is 5.30 Å². The quantitative estimate of drug-likeness (QED) is 0.525. The second kappa shape index (κ2) is 8.48. The summed E-state index contributed by atoms with van der Waals surface area (Å²) in [6.07, 6.45) is 1.64. The molecule has 6 nitrogen and oxygen atoms in total. The third kappa shape index (κ3) is 4.03. The number of nitrogens with zero attached hydrogens (tertiary/aromatic N) is 1. The molecular weight excluding hydrogens is 341 g/mol. The number of rotatable bonds is 8. The lowest BCUT2D eigenvalue weighted by molar-refractivity contribution is 0.0526. The molecule has 1 aromatic heterocycles. The van der Waals surface area contributed by atoms with Crippen LogP contribution in [0.5, 0.6) is 0 Å². The average molecular weight is 365 g/mol. The van der Waals surface area contributed by atoms with E-state index in [4.69, 9.17) is 13.8 Å². The highest BCUT2D eigenvalue weighted by atomic mass is 31.2. The van der Waals surface area contributed by atoms with Gasteiger partial charge in [-0.2, -0.15) is 0 Å². The van der Waals surface area contributed by atoms with Crippen LogP contribution in [0.4, 0.5) is 0 Å². The van der Waals surface area contributed by atoms with E-state index < -0.39 is 13.6 Å². The van der Waals surface area contributed by atoms with Crippen LogP contribution in [0.25, 0.3) is 5.69 Å². The molecule has 0 saturated carbocycles. The molecule has 0 fully saturated rings. The van der Waals surface area contributed by atoms with E-state index in [-0.39, 0.29) is 30.7 Å². The molecule has 0 aliphatic carbocycles. The Morgan fingerprint density at radius 3 is 2.16 bits per heavy atom. The highest BCUT2D eigenvalue weighted by Crippen LogP contribution is 2.48. The van der Waals surface area contributed by atoms with Crippen molar-refractivity contribution in [2.75, 3.05) is 19.8 Å². The largest absolute Gasteiger partial charge is 0.462 e. The van der Waals surface area contributed by atoms with Gasteiger partial charge in [-0.1, -0.05) is 18.2 Å². The summed E-state index contributed by atoms with van der Waals surface area (Å²) in [6.45, 7) is 7.61. The van der Waals surface area contributed by atoms with Gasteiger partial charge in [0.15, 0.2) is 0 Å². The first-order valence-electron chi connectivity index (χ1n) is 8.32. The molecule has 2 rings (SSSR count). The zero-order valence-corrected chi connectivity index (χ0v) is 15.9. The predicted octanol–water partition coefficient (Wildman–Crippen LogP) is 3.85. The minimum absolute atomic E-state index is 0.203. The number of aromatic nitrogens is 1. The smallest absolute Gasteiger partial charge is 0.363 e. The van der Waals surface area contributed by atoms with Gasteiger partial charge in [-0.05, 0) is 39.8 Å². The van der Waals surface area contributed by atoms with Gasteiger partial charge in [-0.15, -0.1) is 0 Å². The molecule has 0 bridgehead atoms. The van der Waals surface area contributed by atoms with Crippen molar-refractivity contribution in [3.63, 3.8) is 0 Å². The number of ether oxygens (including phenoxy) is 1. The van der Waals surface area contributed by atoms with Gasteiger partial charge in [0.05, 0.1) is 30.7 Å². The SMILES string of the molecule is CCOC(=O)c1c(P(=O)(OCC)OCC)cn(-c2ccccc2)c1C. The lowest BCUT2D eigenvalue weighted by atomic mass is 10.2. The highest BCUT2D eigenvalue weighted by molar-refractivity contribution is 7.62. The number of benzene rings is 1. The second-order valence-corrected chi connectivity index (χ2v) is 7.23.